The van der Waals surface area contributed by atoms with Crippen molar-refractivity contribution in [1.29, 1.82) is 0 Å². The number of nitrogens with one attached hydrogen (secondary N) is 1. The minimum Gasteiger partial charge on any atom is -0.480 e. The van der Waals surface area contributed by atoms with Crippen LogP contribution >= 0.6 is 0 Å². The van der Waals surface area contributed by atoms with Gasteiger partial charge in [-0.15, -0.1) is 0 Å². The molecule has 0 aliphatic rings. The monoisotopic (exact) mass is 146 g/mol. The molecule has 2 N–H and O–H groups in total. The van der Waals surface area contributed by atoms with Gasteiger partial charge in [0.2, 0.25) is 5.91 Å². The molecule has 1 radical (unpaired) electrons. The second kappa shape index (κ2) is 3.84. The molecule has 10 heavy (non-hydrogen) atoms. The fraction of sp³-hybridized carbons (Fsp3) is 0.600. The van der Waals surface area contributed by atoms with E-state index in [0.29, 0.717) is 0 Å². The second-order valence-electron chi connectivity index (χ2n) is 1.77. The Morgan fingerprint density at radius 1 is 1.60 bits per heavy atom. The van der Waals surface area contributed by atoms with Gasteiger partial charge < -0.3 is 10.4 Å². The minimum atomic E-state index is -1.15. The molecule has 57 valence electrons. The van der Waals surface area contributed by atoms with E-state index in [4.69, 9.17) is 5.11 Å². The molecule has 5 nitrogen and oxygen atoms in total. The molecule has 0 rings (SSSR count). The molecule has 1 amide bonds. The summed E-state index contributed by atoms with van der Waals surface area (Å²) in [7, 11) is 0. The van der Waals surface area contributed by atoms with Gasteiger partial charge in [-0.25, -0.2) is 5.11 Å². The van der Waals surface area contributed by atoms with Crippen molar-refractivity contribution in [3.63, 3.8) is 0 Å². The molecule has 0 spiro atoms. The zero-order valence-electron chi connectivity index (χ0n) is 5.46. The molecule has 1 atom stereocenters. The molecule has 0 saturated carbocycles. The van der Waals surface area contributed by atoms with E-state index < -0.39 is 24.5 Å². The third-order valence-electron chi connectivity index (χ3n) is 0.879. The number of carbonyl (C=O) groups is 2. The summed E-state index contributed by atoms with van der Waals surface area (Å²) in [4.78, 5) is 20.3. The first-order chi connectivity index (χ1) is 4.57. The molecule has 0 aliphatic carbocycles. The zero-order chi connectivity index (χ0) is 8.15. The van der Waals surface area contributed by atoms with Gasteiger partial charge in [0.1, 0.15) is 6.04 Å². The fourth-order valence-electron chi connectivity index (χ4n) is 0.345. The van der Waals surface area contributed by atoms with Crippen LogP contribution in [0.15, 0.2) is 0 Å². The molecule has 0 unspecified atom stereocenters. The highest BCUT2D eigenvalue weighted by Crippen LogP contribution is 1.79. The highest BCUT2D eigenvalue weighted by Gasteiger charge is 2.12. The van der Waals surface area contributed by atoms with Gasteiger partial charge in [0.25, 0.3) is 0 Å². The first-order valence-corrected chi connectivity index (χ1v) is 2.68. The van der Waals surface area contributed by atoms with Crippen LogP contribution in [0.4, 0.5) is 0 Å². The summed E-state index contributed by atoms with van der Waals surface area (Å²) in [6.45, 7) is 0.355. The summed E-state index contributed by atoms with van der Waals surface area (Å²) < 4.78 is 0. The predicted octanol–water partition coefficient (Wildman–Crippen LogP) is -0.994. The van der Waals surface area contributed by atoms with Crippen LogP contribution in [0.3, 0.4) is 0 Å². The van der Waals surface area contributed by atoms with E-state index in [-0.39, 0.29) is 0 Å². The van der Waals surface area contributed by atoms with Crippen LogP contribution in [0.5, 0.6) is 0 Å². The number of amides is 1. The normalized spacial score (nSPS) is 12.2. The zero-order valence-corrected chi connectivity index (χ0v) is 5.46. The van der Waals surface area contributed by atoms with E-state index in [1.807, 2.05) is 5.32 Å². The molecule has 5 heteroatoms. The van der Waals surface area contributed by atoms with Crippen molar-refractivity contribution in [2.45, 2.75) is 13.0 Å². The van der Waals surface area contributed by atoms with E-state index in [9.17, 15) is 14.7 Å². The van der Waals surface area contributed by atoms with Gasteiger partial charge in [-0.3, -0.25) is 9.59 Å². The standard InChI is InChI=1S/C5H8NO4/c1-3(5(9)10)6-4(8)2-7/h3H,2H2,1H3,(H,6,8)(H,9,10)/t3-/m1/s1. The SMILES string of the molecule is C[C@@H](NC(=O)C[O])C(=O)O. The average molecular weight is 146 g/mol. The number of carboxylic acid groups (broad SMARTS) is 1. The van der Waals surface area contributed by atoms with Gasteiger partial charge in [0.15, 0.2) is 6.61 Å². The van der Waals surface area contributed by atoms with Crippen LogP contribution in [-0.4, -0.2) is 29.6 Å². The van der Waals surface area contributed by atoms with Gasteiger partial charge >= 0.3 is 5.97 Å². The van der Waals surface area contributed by atoms with Gasteiger partial charge in [-0.05, 0) is 6.92 Å². The molecular weight excluding hydrogens is 138 g/mol. The lowest BCUT2D eigenvalue weighted by Gasteiger charge is -2.05. The smallest absolute Gasteiger partial charge is 0.325 e. The van der Waals surface area contributed by atoms with Crippen LogP contribution in [0, 0.1) is 0 Å². The number of hydrogen-bond acceptors (Lipinski definition) is 2. The summed E-state index contributed by atoms with van der Waals surface area (Å²) in [5.74, 6) is -1.95. The van der Waals surface area contributed by atoms with E-state index in [1.165, 1.54) is 6.92 Å². The largest absolute Gasteiger partial charge is 0.480 e. The molecule has 0 fully saturated rings. The van der Waals surface area contributed by atoms with Gasteiger partial charge in [0.05, 0.1) is 0 Å². The van der Waals surface area contributed by atoms with Crippen molar-refractivity contribution < 1.29 is 19.8 Å². The Hall–Kier alpha value is -1.10. The lowest BCUT2D eigenvalue weighted by atomic mass is 10.3. The van der Waals surface area contributed by atoms with Gasteiger partial charge in [-0.1, -0.05) is 0 Å². The molecule has 0 aromatic heterocycles. The van der Waals surface area contributed by atoms with Crippen LogP contribution in [0.2, 0.25) is 0 Å². The molecule has 0 aromatic rings. The summed E-state index contributed by atoms with van der Waals surface area (Å²) in [6.07, 6.45) is 0. The third-order valence-corrected chi connectivity index (χ3v) is 0.879. The topological polar surface area (TPSA) is 86.3 Å². The van der Waals surface area contributed by atoms with Crippen LogP contribution in [0.1, 0.15) is 6.92 Å². The summed E-state index contributed by atoms with van der Waals surface area (Å²) in [5.41, 5.74) is 0. The van der Waals surface area contributed by atoms with E-state index in [2.05, 4.69) is 0 Å². The van der Waals surface area contributed by atoms with Crippen molar-refractivity contribution in [2.75, 3.05) is 6.61 Å². The minimum absolute atomic E-state index is 0.796. The molecular formula is C5H8NO4. The molecule has 0 bridgehead atoms. The van der Waals surface area contributed by atoms with Gasteiger partial charge in [-0.2, -0.15) is 0 Å². The molecule has 0 aliphatic heterocycles. The van der Waals surface area contributed by atoms with E-state index >= 15 is 0 Å². The Labute approximate surface area is 57.7 Å². The molecule has 0 heterocycles. The van der Waals surface area contributed by atoms with Crippen molar-refractivity contribution in [1.82, 2.24) is 5.32 Å². The van der Waals surface area contributed by atoms with Crippen molar-refractivity contribution in [3.05, 3.63) is 0 Å². The van der Waals surface area contributed by atoms with Gasteiger partial charge in [0, 0.05) is 0 Å². The number of aliphatic carboxylic acids is 1. The van der Waals surface area contributed by atoms with Crippen LogP contribution in [-0.2, 0) is 14.7 Å². The fourth-order valence-corrected chi connectivity index (χ4v) is 0.345. The Balaban J connectivity index is 3.68. The van der Waals surface area contributed by atoms with Crippen LogP contribution in [0.25, 0.3) is 0 Å². The number of hydrogen-bond donors (Lipinski definition) is 2. The van der Waals surface area contributed by atoms with Crippen molar-refractivity contribution in [2.24, 2.45) is 0 Å². The number of carbonyl (C=O) groups excluding carboxylic acids is 1. The van der Waals surface area contributed by atoms with Crippen molar-refractivity contribution >= 4 is 11.9 Å². The summed E-state index contributed by atoms with van der Waals surface area (Å²) >= 11 is 0. The third kappa shape index (κ3) is 3.03. The van der Waals surface area contributed by atoms with E-state index in [0.717, 1.165) is 0 Å². The maximum absolute atomic E-state index is 10.2. The maximum atomic E-state index is 10.2. The predicted molar refractivity (Wildman–Crippen MR) is 30.8 cm³/mol. The Bertz CT molecular complexity index is 145. The Kier molecular flexibility index (Phi) is 3.42. The van der Waals surface area contributed by atoms with Crippen molar-refractivity contribution in [3.8, 4) is 0 Å². The average Bonchev–Trinajstić information content (AvgIpc) is 1.87. The first kappa shape index (κ1) is 8.90. The lowest BCUT2D eigenvalue weighted by Crippen LogP contribution is -2.39. The summed E-state index contributed by atoms with van der Waals surface area (Å²) in [6, 6.07) is -0.985. The number of carboxylic acids is 1. The highest BCUT2D eigenvalue weighted by molar-refractivity contribution is 5.83. The van der Waals surface area contributed by atoms with E-state index in [1.54, 1.807) is 0 Å². The maximum Gasteiger partial charge on any atom is 0.325 e. The molecule has 0 aromatic carbocycles. The number of rotatable bonds is 3. The quantitative estimate of drug-likeness (QED) is 0.535. The Morgan fingerprint density at radius 2 is 2.10 bits per heavy atom. The summed E-state index contributed by atoms with van der Waals surface area (Å²) in [5, 5.41) is 20.0. The van der Waals surface area contributed by atoms with Crippen LogP contribution < -0.4 is 5.32 Å². The molecule has 0 saturated heterocycles. The lowest BCUT2D eigenvalue weighted by molar-refractivity contribution is -0.141. The highest BCUT2D eigenvalue weighted by atomic mass is 16.4. The first-order valence-electron chi connectivity index (χ1n) is 2.68. The second-order valence-corrected chi connectivity index (χ2v) is 1.77. The Morgan fingerprint density at radius 3 is 2.40 bits per heavy atom.